The molecule has 0 fully saturated rings. The van der Waals surface area contributed by atoms with Crippen LogP contribution in [0.15, 0.2) is 43.1 Å². The lowest BCUT2D eigenvalue weighted by Gasteiger charge is -2.13. The molecule has 3 heterocycles. The van der Waals surface area contributed by atoms with Crippen molar-refractivity contribution in [3.63, 3.8) is 0 Å². The SMILES string of the molecule is COc1cc(C)cc(F)c1CCc1ccc(-c2cncnc2C)c2nncn12. The summed E-state index contributed by atoms with van der Waals surface area (Å²) in [4.78, 5) is 8.38. The molecule has 0 saturated carbocycles. The third-order valence-corrected chi connectivity index (χ3v) is 4.89. The van der Waals surface area contributed by atoms with Crippen LogP contribution in [0.2, 0.25) is 0 Å². The first-order chi connectivity index (χ1) is 13.6. The largest absolute Gasteiger partial charge is 0.496 e. The van der Waals surface area contributed by atoms with Gasteiger partial charge in [-0.2, -0.15) is 0 Å². The molecular weight excluding hydrogens is 357 g/mol. The van der Waals surface area contributed by atoms with E-state index in [9.17, 15) is 4.39 Å². The van der Waals surface area contributed by atoms with Crippen LogP contribution in [0.25, 0.3) is 16.8 Å². The van der Waals surface area contributed by atoms with Crippen LogP contribution in [0.1, 0.15) is 22.5 Å². The van der Waals surface area contributed by atoms with Crippen LogP contribution in [0.4, 0.5) is 4.39 Å². The molecule has 0 saturated heterocycles. The van der Waals surface area contributed by atoms with Gasteiger partial charge in [-0.1, -0.05) is 0 Å². The van der Waals surface area contributed by atoms with Crippen LogP contribution >= 0.6 is 0 Å². The lowest BCUT2D eigenvalue weighted by atomic mass is 10.0. The zero-order valence-electron chi connectivity index (χ0n) is 16.0. The molecule has 0 aliphatic carbocycles. The third-order valence-electron chi connectivity index (χ3n) is 4.89. The normalized spacial score (nSPS) is 11.1. The molecule has 6 nitrogen and oxygen atoms in total. The summed E-state index contributed by atoms with van der Waals surface area (Å²) >= 11 is 0. The smallest absolute Gasteiger partial charge is 0.168 e. The lowest BCUT2D eigenvalue weighted by molar-refractivity contribution is 0.404. The van der Waals surface area contributed by atoms with Crippen LogP contribution in [0.3, 0.4) is 0 Å². The fourth-order valence-corrected chi connectivity index (χ4v) is 3.45. The molecule has 4 aromatic rings. The van der Waals surface area contributed by atoms with Gasteiger partial charge in [-0.15, -0.1) is 10.2 Å². The van der Waals surface area contributed by atoms with E-state index in [-0.39, 0.29) is 5.82 Å². The number of hydrogen-bond acceptors (Lipinski definition) is 5. The molecule has 4 rings (SSSR count). The Morgan fingerprint density at radius 2 is 1.96 bits per heavy atom. The summed E-state index contributed by atoms with van der Waals surface area (Å²) in [6.45, 7) is 3.79. The van der Waals surface area contributed by atoms with Crippen molar-refractivity contribution in [3.05, 3.63) is 71.4 Å². The molecule has 0 aliphatic heterocycles. The first kappa shape index (κ1) is 18.0. The Morgan fingerprint density at radius 3 is 2.75 bits per heavy atom. The minimum Gasteiger partial charge on any atom is -0.496 e. The second-order valence-electron chi connectivity index (χ2n) is 6.71. The van der Waals surface area contributed by atoms with Crippen LogP contribution in [-0.4, -0.2) is 31.7 Å². The number of rotatable bonds is 5. The van der Waals surface area contributed by atoms with Crippen LogP contribution in [-0.2, 0) is 12.8 Å². The van der Waals surface area contributed by atoms with Crippen molar-refractivity contribution >= 4 is 5.65 Å². The van der Waals surface area contributed by atoms with Gasteiger partial charge in [0.25, 0.3) is 0 Å². The van der Waals surface area contributed by atoms with Crippen molar-refractivity contribution in [2.75, 3.05) is 7.11 Å². The summed E-state index contributed by atoms with van der Waals surface area (Å²) in [6.07, 6.45) is 6.11. The maximum absolute atomic E-state index is 14.5. The summed E-state index contributed by atoms with van der Waals surface area (Å²) < 4.78 is 21.8. The molecule has 0 N–H and O–H groups in total. The van der Waals surface area contributed by atoms with E-state index in [0.29, 0.717) is 24.2 Å². The van der Waals surface area contributed by atoms with Gasteiger partial charge in [0, 0.05) is 34.3 Å². The molecule has 0 radical (unpaired) electrons. The predicted octanol–water partition coefficient (Wildman–Crippen LogP) is 3.74. The van der Waals surface area contributed by atoms with E-state index < -0.39 is 0 Å². The number of nitrogens with zero attached hydrogens (tertiary/aromatic N) is 5. The highest BCUT2D eigenvalue weighted by Crippen LogP contribution is 2.28. The quantitative estimate of drug-likeness (QED) is 0.530. The Morgan fingerprint density at radius 1 is 1.11 bits per heavy atom. The first-order valence-electron chi connectivity index (χ1n) is 9.00. The van der Waals surface area contributed by atoms with Gasteiger partial charge in [0.2, 0.25) is 0 Å². The van der Waals surface area contributed by atoms with Crippen molar-refractivity contribution in [1.29, 1.82) is 0 Å². The second-order valence-corrected chi connectivity index (χ2v) is 6.71. The molecule has 0 aliphatic rings. The summed E-state index contributed by atoms with van der Waals surface area (Å²) in [5.74, 6) is 0.330. The van der Waals surface area contributed by atoms with Crippen LogP contribution in [0, 0.1) is 19.7 Å². The molecule has 0 unspecified atom stereocenters. The highest BCUT2D eigenvalue weighted by molar-refractivity contribution is 5.78. The van der Waals surface area contributed by atoms with Crippen molar-refractivity contribution in [1.82, 2.24) is 24.6 Å². The minimum absolute atomic E-state index is 0.245. The molecule has 0 atom stereocenters. The Balaban J connectivity index is 1.70. The van der Waals surface area contributed by atoms with Gasteiger partial charge < -0.3 is 4.74 Å². The highest BCUT2D eigenvalue weighted by atomic mass is 19.1. The molecule has 1 aromatic carbocycles. The van der Waals surface area contributed by atoms with E-state index in [1.54, 1.807) is 19.6 Å². The van der Waals surface area contributed by atoms with Crippen molar-refractivity contribution in [3.8, 4) is 16.9 Å². The van der Waals surface area contributed by atoms with Gasteiger partial charge in [0.05, 0.1) is 7.11 Å². The Kier molecular flexibility index (Phi) is 4.73. The summed E-state index contributed by atoms with van der Waals surface area (Å²) in [5.41, 5.74) is 5.83. The van der Waals surface area contributed by atoms with Crippen molar-refractivity contribution in [2.45, 2.75) is 26.7 Å². The van der Waals surface area contributed by atoms with E-state index in [4.69, 9.17) is 4.74 Å². The summed E-state index contributed by atoms with van der Waals surface area (Å²) in [6, 6.07) is 7.39. The Bertz CT molecular complexity index is 1150. The van der Waals surface area contributed by atoms with Gasteiger partial charge in [0.1, 0.15) is 24.2 Å². The number of hydrogen-bond donors (Lipinski definition) is 0. The molecule has 0 amide bonds. The van der Waals surface area contributed by atoms with Crippen LogP contribution < -0.4 is 4.74 Å². The van der Waals surface area contributed by atoms with Gasteiger partial charge in [-0.05, 0) is 56.5 Å². The molecule has 142 valence electrons. The monoisotopic (exact) mass is 377 g/mol. The van der Waals surface area contributed by atoms with Gasteiger partial charge in [-0.3, -0.25) is 4.40 Å². The number of aromatic nitrogens is 5. The van der Waals surface area contributed by atoms with Gasteiger partial charge in [0.15, 0.2) is 5.65 Å². The zero-order chi connectivity index (χ0) is 19.7. The van der Waals surface area contributed by atoms with Gasteiger partial charge in [-0.25, -0.2) is 14.4 Å². The molecule has 0 spiro atoms. The Hall–Kier alpha value is -3.35. The van der Waals surface area contributed by atoms with Crippen molar-refractivity contribution in [2.24, 2.45) is 0 Å². The number of aryl methyl sites for hydroxylation is 3. The Labute approximate surface area is 162 Å². The minimum atomic E-state index is -0.245. The fraction of sp³-hybridized carbons (Fsp3) is 0.238. The maximum atomic E-state index is 14.5. The van der Waals surface area contributed by atoms with E-state index in [0.717, 1.165) is 33.7 Å². The number of benzene rings is 1. The average molecular weight is 377 g/mol. The zero-order valence-corrected chi connectivity index (χ0v) is 16.0. The summed E-state index contributed by atoms with van der Waals surface area (Å²) in [5, 5.41) is 8.34. The van der Waals surface area contributed by atoms with E-state index in [2.05, 4.69) is 20.2 Å². The van der Waals surface area contributed by atoms with Crippen molar-refractivity contribution < 1.29 is 9.13 Å². The fourth-order valence-electron chi connectivity index (χ4n) is 3.45. The van der Waals surface area contributed by atoms with Gasteiger partial charge >= 0.3 is 0 Å². The number of fused-ring (bicyclic) bond motifs is 1. The number of halogens is 1. The predicted molar refractivity (Wildman–Crippen MR) is 104 cm³/mol. The van der Waals surface area contributed by atoms with E-state index in [1.807, 2.05) is 36.4 Å². The number of methoxy groups -OCH3 is 1. The second kappa shape index (κ2) is 7.34. The maximum Gasteiger partial charge on any atom is 0.168 e. The topological polar surface area (TPSA) is 65.2 Å². The average Bonchev–Trinajstić information content (AvgIpc) is 3.17. The third kappa shape index (κ3) is 3.19. The van der Waals surface area contributed by atoms with E-state index in [1.165, 1.54) is 12.4 Å². The molecular formula is C21H20FN5O. The molecule has 7 heteroatoms. The number of ether oxygens (including phenoxy) is 1. The first-order valence-corrected chi connectivity index (χ1v) is 9.00. The number of pyridine rings is 1. The molecule has 3 aromatic heterocycles. The van der Waals surface area contributed by atoms with Crippen LogP contribution in [0.5, 0.6) is 5.75 Å². The standard InChI is InChI=1S/C21H20FN5O/c1-13-8-19(22)17(20(9-13)28-3)7-5-15-4-6-16(21-26-25-12-27(15)21)18-10-23-11-24-14(18)2/h4,6,8-12H,5,7H2,1-3H3. The highest BCUT2D eigenvalue weighted by Gasteiger charge is 2.15. The lowest BCUT2D eigenvalue weighted by Crippen LogP contribution is -2.04. The molecule has 28 heavy (non-hydrogen) atoms. The summed E-state index contributed by atoms with van der Waals surface area (Å²) in [7, 11) is 1.56. The van der Waals surface area contributed by atoms with E-state index >= 15 is 0 Å². The molecule has 0 bridgehead atoms.